The number of carbonyl (C=O) groups is 1. The second-order valence-corrected chi connectivity index (χ2v) is 5.25. The third kappa shape index (κ3) is 3.40. The molecule has 0 amide bonds. The van der Waals surface area contributed by atoms with Crippen LogP contribution in [0.4, 0.5) is 0 Å². The highest BCUT2D eigenvalue weighted by atomic mass is 16.1. The van der Waals surface area contributed by atoms with Crippen molar-refractivity contribution in [2.75, 3.05) is 33.7 Å². The lowest BCUT2D eigenvalue weighted by Gasteiger charge is -2.20. The number of ketones is 1. The highest BCUT2D eigenvalue weighted by molar-refractivity contribution is 5.96. The van der Waals surface area contributed by atoms with Crippen LogP contribution in [0, 0.1) is 0 Å². The Morgan fingerprint density at radius 3 is 2.67 bits per heavy atom. The molecule has 1 unspecified atom stereocenters. The molecule has 1 saturated heterocycles. The van der Waals surface area contributed by atoms with Gasteiger partial charge in [0.25, 0.3) is 0 Å². The number of Topliss-reactive ketones (excluding diaryl/α,β-unsaturated/α-hetero) is 1. The molecule has 1 atom stereocenters. The van der Waals surface area contributed by atoms with Gasteiger partial charge in [0.2, 0.25) is 0 Å². The van der Waals surface area contributed by atoms with Crippen molar-refractivity contribution in [3.63, 3.8) is 0 Å². The molecule has 0 aliphatic carbocycles. The van der Waals surface area contributed by atoms with Crippen LogP contribution in [0.1, 0.15) is 23.2 Å². The zero-order chi connectivity index (χ0) is 13.0. The lowest BCUT2D eigenvalue weighted by Crippen LogP contribution is -2.32. The number of nitrogens with zero attached hydrogens (tertiary/aromatic N) is 2. The van der Waals surface area contributed by atoms with Crippen molar-refractivity contribution < 1.29 is 4.79 Å². The molecule has 0 N–H and O–H groups in total. The van der Waals surface area contributed by atoms with Crippen LogP contribution in [0.2, 0.25) is 0 Å². The Bertz CT molecular complexity index is 389. The molecule has 1 aliphatic heterocycles. The second-order valence-electron chi connectivity index (χ2n) is 5.25. The molecule has 0 radical (unpaired) electrons. The SMILES string of the molecule is CN(C)C1CCN(CCC(=O)c2ccccc2)C1. The van der Waals surface area contributed by atoms with E-state index in [1.807, 2.05) is 30.3 Å². The highest BCUT2D eigenvalue weighted by Gasteiger charge is 2.23. The van der Waals surface area contributed by atoms with Gasteiger partial charge in [0.1, 0.15) is 0 Å². The first-order valence-electron chi connectivity index (χ1n) is 6.64. The fraction of sp³-hybridized carbons (Fsp3) is 0.533. The van der Waals surface area contributed by atoms with E-state index in [4.69, 9.17) is 0 Å². The summed E-state index contributed by atoms with van der Waals surface area (Å²) in [5.41, 5.74) is 0.834. The first kappa shape index (κ1) is 13.2. The van der Waals surface area contributed by atoms with Crippen LogP contribution in [0.25, 0.3) is 0 Å². The molecule has 0 saturated carbocycles. The van der Waals surface area contributed by atoms with Crippen molar-refractivity contribution in [2.24, 2.45) is 0 Å². The molecular formula is C15H22N2O. The molecule has 3 heteroatoms. The standard InChI is InChI=1S/C15H22N2O/c1-16(2)14-8-10-17(12-14)11-9-15(18)13-6-4-3-5-7-13/h3-7,14H,8-12H2,1-2H3. The molecule has 98 valence electrons. The van der Waals surface area contributed by atoms with Gasteiger partial charge in [-0.3, -0.25) is 4.79 Å². The summed E-state index contributed by atoms with van der Waals surface area (Å²) >= 11 is 0. The van der Waals surface area contributed by atoms with Crippen molar-refractivity contribution in [3.8, 4) is 0 Å². The molecule has 1 aliphatic rings. The van der Waals surface area contributed by atoms with Crippen LogP contribution in [0.3, 0.4) is 0 Å². The van der Waals surface area contributed by atoms with Gasteiger partial charge in [-0.25, -0.2) is 0 Å². The van der Waals surface area contributed by atoms with E-state index in [0.717, 1.165) is 25.2 Å². The van der Waals surface area contributed by atoms with Crippen molar-refractivity contribution in [3.05, 3.63) is 35.9 Å². The van der Waals surface area contributed by atoms with Crippen molar-refractivity contribution >= 4 is 5.78 Å². The Morgan fingerprint density at radius 2 is 2.06 bits per heavy atom. The molecule has 3 nitrogen and oxygen atoms in total. The van der Waals surface area contributed by atoms with Gasteiger partial charge in [0, 0.05) is 31.1 Å². The normalized spacial score (nSPS) is 20.5. The topological polar surface area (TPSA) is 23.6 Å². The highest BCUT2D eigenvalue weighted by Crippen LogP contribution is 2.14. The minimum atomic E-state index is 0.254. The van der Waals surface area contributed by atoms with E-state index >= 15 is 0 Å². The molecule has 1 aromatic carbocycles. The van der Waals surface area contributed by atoms with Gasteiger partial charge in [-0.2, -0.15) is 0 Å². The minimum Gasteiger partial charge on any atom is -0.305 e. The fourth-order valence-electron chi connectivity index (χ4n) is 2.46. The summed E-state index contributed by atoms with van der Waals surface area (Å²) in [6.07, 6.45) is 1.84. The van der Waals surface area contributed by atoms with Crippen LogP contribution >= 0.6 is 0 Å². The third-order valence-corrected chi connectivity index (χ3v) is 3.73. The quantitative estimate of drug-likeness (QED) is 0.741. The van der Waals surface area contributed by atoms with Crippen LogP contribution < -0.4 is 0 Å². The van der Waals surface area contributed by atoms with Gasteiger partial charge in [-0.05, 0) is 27.1 Å². The zero-order valence-electron chi connectivity index (χ0n) is 11.3. The van der Waals surface area contributed by atoms with Crippen LogP contribution in [0.15, 0.2) is 30.3 Å². The van der Waals surface area contributed by atoms with Crippen molar-refractivity contribution in [2.45, 2.75) is 18.9 Å². The van der Waals surface area contributed by atoms with E-state index in [-0.39, 0.29) is 5.78 Å². The van der Waals surface area contributed by atoms with Crippen molar-refractivity contribution in [1.82, 2.24) is 9.80 Å². The molecular weight excluding hydrogens is 224 g/mol. The smallest absolute Gasteiger partial charge is 0.164 e. The molecule has 2 rings (SSSR count). The lowest BCUT2D eigenvalue weighted by atomic mass is 10.1. The second kappa shape index (κ2) is 6.12. The number of benzene rings is 1. The summed E-state index contributed by atoms with van der Waals surface area (Å²) in [5.74, 6) is 0.254. The maximum absolute atomic E-state index is 12.0. The number of likely N-dealkylation sites (N-methyl/N-ethyl adjacent to an activating group) is 1. The van der Waals surface area contributed by atoms with E-state index in [2.05, 4.69) is 23.9 Å². The van der Waals surface area contributed by atoms with E-state index in [0.29, 0.717) is 12.5 Å². The molecule has 0 bridgehead atoms. The predicted molar refractivity (Wildman–Crippen MR) is 73.9 cm³/mol. The number of carbonyl (C=O) groups excluding carboxylic acids is 1. The summed E-state index contributed by atoms with van der Waals surface area (Å²) in [6.45, 7) is 3.10. The molecule has 0 aromatic heterocycles. The van der Waals surface area contributed by atoms with E-state index in [1.54, 1.807) is 0 Å². The zero-order valence-corrected chi connectivity index (χ0v) is 11.3. The molecule has 1 fully saturated rings. The van der Waals surface area contributed by atoms with E-state index in [1.165, 1.54) is 6.42 Å². The number of likely N-dealkylation sites (tertiary alicyclic amines) is 1. The Balaban J connectivity index is 1.78. The third-order valence-electron chi connectivity index (χ3n) is 3.73. The van der Waals surface area contributed by atoms with E-state index < -0.39 is 0 Å². The maximum Gasteiger partial charge on any atom is 0.164 e. The molecule has 1 aromatic rings. The molecule has 1 heterocycles. The number of hydrogen-bond donors (Lipinski definition) is 0. The van der Waals surface area contributed by atoms with Crippen LogP contribution in [0.5, 0.6) is 0 Å². The lowest BCUT2D eigenvalue weighted by molar-refractivity contribution is 0.0967. The van der Waals surface area contributed by atoms with E-state index in [9.17, 15) is 4.79 Å². The molecule has 0 spiro atoms. The Hall–Kier alpha value is -1.19. The van der Waals surface area contributed by atoms with Gasteiger partial charge in [0.05, 0.1) is 0 Å². The van der Waals surface area contributed by atoms with Gasteiger partial charge in [-0.15, -0.1) is 0 Å². The summed E-state index contributed by atoms with van der Waals surface area (Å²) in [7, 11) is 4.26. The predicted octanol–water partition coefficient (Wildman–Crippen LogP) is 1.90. The fourth-order valence-corrected chi connectivity index (χ4v) is 2.46. The van der Waals surface area contributed by atoms with Gasteiger partial charge < -0.3 is 9.80 Å². The molecule has 18 heavy (non-hydrogen) atoms. The minimum absolute atomic E-state index is 0.254. The van der Waals surface area contributed by atoms with Crippen LogP contribution in [-0.4, -0.2) is 55.4 Å². The summed E-state index contributed by atoms with van der Waals surface area (Å²) in [5, 5.41) is 0. The van der Waals surface area contributed by atoms with Gasteiger partial charge in [0.15, 0.2) is 5.78 Å². The largest absolute Gasteiger partial charge is 0.305 e. The first-order valence-corrected chi connectivity index (χ1v) is 6.64. The Labute approximate surface area is 109 Å². The van der Waals surface area contributed by atoms with Gasteiger partial charge >= 0.3 is 0 Å². The number of rotatable bonds is 5. The van der Waals surface area contributed by atoms with Crippen LogP contribution in [-0.2, 0) is 0 Å². The maximum atomic E-state index is 12.0. The summed E-state index contributed by atoms with van der Waals surface area (Å²) in [6, 6.07) is 10.2. The summed E-state index contributed by atoms with van der Waals surface area (Å²) < 4.78 is 0. The number of hydrogen-bond acceptors (Lipinski definition) is 3. The first-order chi connectivity index (χ1) is 8.66. The Kier molecular flexibility index (Phi) is 4.50. The average molecular weight is 246 g/mol. The van der Waals surface area contributed by atoms with Crippen molar-refractivity contribution in [1.29, 1.82) is 0 Å². The average Bonchev–Trinajstić information content (AvgIpc) is 2.86. The summed E-state index contributed by atoms with van der Waals surface area (Å²) in [4.78, 5) is 16.7. The monoisotopic (exact) mass is 246 g/mol. The van der Waals surface area contributed by atoms with Gasteiger partial charge in [-0.1, -0.05) is 30.3 Å². The Morgan fingerprint density at radius 1 is 1.33 bits per heavy atom.